The Morgan fingerprint density at radius 1 is 1.28 bits per heavy atom. The molecule has 1 N–H and O–H groups in total. The second-order valence-corrected chi connectivity index (χ2v) is 6.89. The number of carbonyl (C=O) groups excluding carboxylic acids is 1. The standard InChI is InChI=1S/C15H14F3NO5S/c1-14(2,3)24-10(20)5-23-8-4-9(15(16,17)18)19-11-7(8)6-25-12(11)13(21)22/h4,6H,5H2,1-3H3,(H,21,22). The molecule has 0 aliphatic carbocycles. The molecule has 0 spiro atoms. The van der Waals surface area contributed by atoms with Crippen LogP contribution in [0.25, 0.3) is 10.9 Å². The summed E-state index contributed by atoms with van der Waals surface area (Å²) in [5.74, 6) is -2.45. The van der Waals surface area contributed by atoms with Crippen LogP contribution >= 0.6 is 11.3 Å². The van der Waals surface area contributed by atoms with E-state index in [0.29, 0.717) is 6.07 Å². The van der Waals surface area contributed by atoms with Crippen molar-refractivity contribution < 1.29 is 37.3 Å². The van der Waals surface area contributed by atoms with E-state index in [1.807, 2.05) is 0 Å². The van der Waals surface area contributed by atoms with Gasteiger partial charge in [-0.2, -0.15) is 13.2 Å². The number of ether oxygens (including phenoxy) is 2. The van der Waals surface area contributed by atoms with Gasteiger partial charge in [0, 0.05) is 11.4 Å². The van der Waals surface area contributed by atoms with Crippen LogP contribution in [0.2, 0.25) is 0 Å². The van der Waals surface area contributed by atoms with Crippen LogP contribution in [0.5, 0.6) is 5.75 Å². The third-order valence-corrected chi connectivity index (χ3v) is 3.74. The van der Waals surface area contributed by atoms with Gasteiger partial charge < -0.3 is 14.6 Å². The van der Waals surface area contributed by atoms with Gasteiger partial charge in [-0.25, -0.2) is 14.6 Å². The van der Waals surface area contributed by atoms with Crippen LogP contribution in [0.4, 0.5) is 13.2 Å². The smallest absolute Gasteiger partial charge is 0.433 e. The topological polar surface area (TPSA) is 85.7 Å². The van der Waals surface area contributed by atoms with E-state index < -0.39 is 36.0 Å². The number of halogens is 3. The number of alkyl halides is 3. The Balaban J connectivity index is 2.41. The summed E-state index contributed by atoms with van der Waals surface area (Å²) in [6, 6.07) is 0.630. The van der Waals surface area contributed by atoms with E-state index >= 15 is 0 Å². The molecule has 136 valence electrons. The average molecular weight is 377 g/mol. The van der Waals surface area contributed by atoms with E-state index in [2.05, 4.69) is 4.98 Å². The van der Waals surface area contributed by atoms with Gasteiger partial charge in [0.05, 0.1) is 5.39 Å². The average Bonchev–Trinajstić information content (AvgIpc) is 2.85. The van der Waals surface area contributed by atoms with Crippen molar-refractivity contribution in [2.75, 3.05) is 6.61 Å². The van der Waals surface area contributed by atoms with Crippen molar-refractivity contribution in [2.24, 2.45) is 0 Å². The lowest BCUT2D eigenvalue weighted by Crippen LogP contribution is -2.27. The van der Waals surface area contributed by atoms with Gasteiger partial charge in [0.25, 0.3) is 0 Å². The van der Waals surface area contributed by atoms with Crippen LogP contribution in [0, 0.1) is 0 Å². The summed E-state index contributed by atoms with van der Waals surface area (Å²) >= 11 is 0.723. The maximum atomic E-state index is 13.0. The van der Waals surface area contributed by atoms with Crippen molar-refractivity contribution in [1.29, 1.82) is 0 Å². The van der Waals surface area contributed by atoms with Crippen molar-refractivity contribution in [3.8, 4) is 5.75 Å². The highest BCUT2D eigenvalue weighted by Gasteiger charge is 2.35. The molecule has 6 nitrogen and oxygen atoms in total. The molecule has 2 heterocycles. The molecule has 0 aromatic carbocycles. The zero-order valence-electron chi connectivity index (χ0n) is 13.4. The Morgan fingerprint density at radius 2 is 1.92 bits per heavy atom. The minimum atomic E-state index is -4.80. The number of carboxylic acids is 1. The highest BCUT2D eigenvalue weighted by atomic mass is 32.1. The van der Waals surface area contributed by atoms with Gasteiger partial charge in [-0.1, -0.05) is 0 Å². The Kier molecular flexibility index (Phi) is 4.94. The molecule has 0 atom stereocenters. The van der Waals surface area contributed by atoms with Crippen molar-refractivity contribution in [2.45, 2.75) is 32.5 Å². The third-order valence-electron chi connectivity index (χ3n) is 2.78. The highest BCUT2D eigenvalue weighted by Crippen LogP contribution is 2.37. The number of carbonyl (C=O) groups is 2. The minimum Gasteiger partial charge on any atom is -0.481 e. The number of fused-ring (bicyclic) bond motifs is 1. The first kappa shape index (κ1) is 19.0. The first-order valence-corrected chi connectivity index (χ1v) is 7.84. The number of hydrogen-bond donors (Lipinski definition) is 1. The first-order chi connectivity index (χ1) is 11.4. The third kappa shape index (κ3) is 4.59. The van der Waals surface area contributed by atoms with Gasteiger partial charge in [0.15, 0.2) is 6.61 Å². The molecule has 0 amide bonds. The Hall–Kier alpha value is -2.36. The molecule has 25 heavy (non-hydrogen) atoms. The number of nitrogens with zero attached hydrogens (tertiary/aromatic N) is 1. The van der Waals surface area contributed by atoms with E-state index in [0.717, 1.165) is 11.3 Å². The second kappa shape index (κ2) is 6.51. The number of aromatic nitrogens is 1. The zero-order chi connectivity index (χ0) is 19.0. The predicted octanol–water partition coefficient (Wildman–Crippen LogP) is 3.73. The molecule has 0 saturated carbocycles. The van der Waals surface area contributed by atoms with Gasteiger partial charge in [-0.15, -0.1) is 11.3 Å². The van der Waals surface area contributed by atoms with E-state index in [9.17, 15) is 22.8 Å². The number of esters is 1. The molecule has 0 saturated heterocycles. The SMILES string of the molecule is CC(C)(C)OC(=O)COc1cc(C(F)(F)F)nc2c(C(=O)O)scc12. The number of rotatable bonds is 4. The lowest BCUT2D eigenvalue weighted by Gasteiger charge is -2.19. The normalized spacial score (nSPS) is 12.2. The van der Waals surface area contributed by atoms with Gasteiger partial charge in [0.2, 0.25) is 0 Å². The molecule has 2 aromatic heterocycles. The summed E-state index contributed by atoms with van der Waals surface area (Å²) in [4.78, 5) is 25.9. The summed E-state index contributed by atoms with van der Waals surface area (Å²) < 4.78 is 49.2. The maximum absolute atomic E-state index is 13.0. The summed E-state index contributed by atoms with van der Waals surface area (Å²) in [5.41, 5.74) is -2.42. The summed E-state index contributed by atoms with van der Waals surface area (Å²) in [6.45, 7) is 4.28. The quantitative estimate of drug-likeness (QED) is 0.817. The second-order valence-electron chi connectivity index (χ2n) is 6.01. The molecule has 2 aromatic rings. The largest absolute Gasteiger partial charge is 0.481 e. The van der Waals surface area contributed by atoms with E-state index in [1.165, 1.54) is 5.38 Å². The summed E-state index contributed by atoms with van der Waals surface area (Å²) in [7, 11) is 0. The van der Waals surface area contributed by atoms with Gasteiger partial charge in [-0.3, -0.25) is 0 Å². The van der Waals surface area contributed by atoms with E-state index in [4.69, 9.17) is 14.6 Å². The highest BCUT2D eigenvalue weighted by molar-refractivity contribution is 7.13. The van der Waals surface area contributed by atoms with Gasteiger partial charge in [-0.05, 0) is 20.8 Å². The van der Waals surface area contributed by atoms with Crippen molar-refractivity contribution in [3.63, 3.8) is 0 Å². The maximum Gasteiger partial charge on any atom is 0.433 e. The van der Waals surface area contributed by atoms with Crippen LogP contribution in [-0.2, 0) is 15.7 Å². The lowest BCUT2D eigenvalue weighted by atomic mass is 10.2. The van der Waals surface area contributed by atoms with Crippen molar-refractivity contribution in [3.05, 3.63) is 22.0 Å². The Labute approximate surface area is 144 Å². The van der Waals surface area contributed by atoms with E-state index in [-0.39, 0.29) is 21.5 Å². The predicted molar refractivity (Wildman–Crippen MR) is 82.9 cm³/mol. The van der Waals surface area contributed by atoms with Crippen LogP contribution < -0.4 is 4.74 Å². The number of hydrogen-bond acceptors (Lipinski definition) is 6. The fourth-order valence-corrected chi connectivity index (χ4v) is 2.75. The molecule has 0 aliphatic rings. The minimum absolute atomic E-state index is 0.0824. The number of aromatic carboxylic acids is 1. The Bertz CT molecular complexity index is 823. The van der Waals surface area contributed by atoms with Crippen LogP contribution in [0.1, 0.15) is 36.1 Å². The molecule has 0 aliphatic heterocycles. The summed E-state index contributed by atoms with van der Waals surface area (Å²) in [6.07, 6.45) is -4.80. The molecule has 0 radical (unpaired) electrons. The number of thiophene rings is 1. The Morgan fingerprint density at radius 3 is 2.44 bits per heavy atom. The molecular formula is C15H14F3NO5S. The molecule has 0 unspecified atom stereocenters. The first-order valence-electron chi connectivity index (χ1n) is 6.96. The van der Waals surface area contributed by atoms with Gasteiger partial charge >= 0.3 is 18.1 Å². The van der Waals surface area contributed by atoms with Crippen LogP contribution in [-0.4, -0.2) is 34.2 Å². The van der Waals surface area contributed by atoms with Gasteiger partial charge in [0.1, 0.15) is 27.4 Å². The molecular weight excluding hydrogens is 363 g/mol. The zero-order valence-corrected chi connectivity index (χ0v) is 14.2. The molecule has 10 heteroatoms. The number of carboxylic acid groups (broad SMARTS) is 1. The van der Waals surface area contributed by atoms with Crippen molar-refractivity contribution in [1.82, 2.24) is 4.98 Å². The molecule has 0 bridgehead atoms. The number of pyridine rings is 1. The van der Waals surface area contributed by atoms with Crippen molar-refractivity contribution >= 4 is 34.2 Å². The monoisotopic (exact) mass is 377 g/mol. The van der Waals surface area contributed by atoms with E-state index in [1.54, 1.807) is 20.8 Å². The lowest BCUT2D eigenvalue weighted by molar-refractivity contribution is -0.157. The fourth-order valence-electron chi connectivity index (χ4n) is 1.92. The van der Waals surface area contributed by atoms with Crippen LogP contribution in [0.3, 0.4) is 0 Å². The van der Waals surface area contributed by atoms with Crippen LogP contribution in [0.15, 0.2) is 11.4 Å². The fraction of sp³-hybridized carbons (Fsp3) is 0.400. The summed E-state index contributed by atoms with van der Waals surface area (Å²) in [5, 5.41) is 10.5. The molecule has 0 fully saturated rings. The molecule has 2 rings (SSSR count).